The van der Waals surface area contributed by atoms with Crippen LogP contribution in [0.15, 0.2) is 127 Å². The Bertz CT molecular complexity index is 1670. The Morgan fingerprint density at radius 2 is 1.33 bits per heavy atom. The number of hydrogen-bond acceptors (Lipinski definition) is 5. The van der Waals surface area contributed by atoms with Crippen LogP contribution in [0.2, 0.25) is 0 Å². The highest BCUT2D eigenvalue weighted by Crippen LogP contribution is 2.51. The van der Waals surface area contributed by atoms with Gasteiger partial charge in [0.2, 0.25) is 0 Å². The summed E-state index contributed by atoms with van der Waals surface area (Å²) < 4.78 is 0. The van der Waals surface area contributed by atoms with Gasteiger partial charge in [-0.05, 0) is 65.4 Å². The molecule has 0 amide bonds. The van der Waals surface area contributed by atoms with Crippen molar-refractivity contribution < 1.29 is 0 Å². The first-order chi connectivity index (χ1) is 22.0. The Kier molecular flexibility index (Phi) is 8.81. The summed E-state index contributed by atoms with van der Waals surface area (Å²) in [5.41, 5.74) is 18.1. The van der Waals surface area contributed by atoms with Gasteiger partial charge in [0.1, 0.15) is 6.17 Å². The number of rotatable bonds is 6. The molecule has 230 valence electrons. The van der Waals surface area contributed by atoms with Crippen LogP contribution in [-0.4, -0.2) is 18.8 Å². The maximum Gasteiger partial charge on any atom is 0.118 e. The fraction of sp³-hybridized carbons (Fsp3) is 0.250. The van der Waals surface area contributed by atoms with Gasteiger partial charge < -0.3 is 26.6 Å². The lowest BCUT2D eigenvalue weighted by molar-refractivity contribution is 0.387. The van der Waals surface area contributed by atoms with Crippen LogP contribution in [0.3, 0.4) is 0 Å². The fourth-order valence-corrected chi connectivity index (χ4v) is 6.71. The highest BCUT2D eigenvalue weighted by Gasteiger charge is 2.36. The van der Waals surface area contributed by atoms with E-state index in [1.165, 1.54) is 28.2 Å². The smallest absolute Gasteiger partial charge is 0.118 e. The summed E-state index contributed by atoms with van der Waals surface area (Å²) in [6, 6.07) is 37.0. The molecule has 5 nitrogen and oxygen atoms in total. The van der Waals surface area contributed by atoms with Crippen molar-refractivity contribution in [3.05, 3.63) is 149 Å². The molecule has 4 aromatic rings. The molecule has 45 heavy (non-hydrogen) atoms. The van der Waals surface area contributed by atoms with Crippen molar-refractivity contribution in [2.75, 3.05) is 11.4 Å². The molecule has 2 unspecified atom stereocenters. The minimum atomic E-state index is -0.0809. The minimum Gasteiger partial charge on any atom is -0.375 e. The quantitative estimate of drug-likeness (QED) is 0.181. The SMILES string of the molecule is CC.CC1(C)c2ccccc2N(c2ccc(C3=C(c4ccccc4)NC(NC4=CC=CCC4)C(CN)N3)cc2)c2ccccc21. The second-order valence-corrected chi connectivity index (χ2v) is 12.1. The van der Waals surface area contributed by atoms with Crippen LogP contribution >= 0.6 is 0 Å². The molecule has 2 heterocycles. The van der Waals surface area contributed by atoms with E-state index in [1.54, 1.807) is 0 Å². The maximum absolute atomic E-state index is 6.35. The average Bonchev–Trinajstić information content (AvgIpc) is 3.10. The molecule has 2 atom stereocenters. The highest BCUT2D eigenvalue weighted by atomic mass is 15.2. The summed E-state index contributed by atoms with van der Waals surface area (Å²) in [5.74, 6) is 0. The molecule has 2 aliphatic heterocycles. The Morgan fingerprint density at radius 3 is 1.93 bits per heavy atom. The zero-order chi connectivity index (χ0) is 31.4. The number of hydrogen-bond donors (Lipinski definition) is 4. The lowest BCUT2D eigenvalue weighted by Crippen LogP contribution is -2.60. The molecule has 0 radical (unpaired) electrons. The summed E-state index contributed by atoms with van der Waals surface area (Å²) in [5, 5.41) is 11.4. The van der Waals surface area contributed by atoms with Gasteiger partial charge in [-0.15, -0.1) is 0 Å². The summed E-state index contributed by atoms with van der Waals surface area (Å²) >= 11 is 0. The van der Waals surface area contributed by atoms with Crippen molar-refractivity contribution in [2.45, 2.75) is 58.2 Å². The van der Waals surface area contributed by atoms with Gasteiger partial charge in [-0.3, -0.25) is 0 Å². The standard InChI is InChI=1S/C38H39N5.C2H6/c1-38(2)30-17-9-11-19-33(30)43(34-20-12-10-18-31(34)38)29-23-21-27(22-24-29)35-36(26-13-5-3-6-14-26)42-37(32(25-39)41-35)40-28-15-7-4-8-16-28;1-2/h3-7,9-15,17-24,32,37,40-42H,8,16,25,39H2,1-2H3;1-2H3. The normalized spacial score (nSPS) is 19.6. The van der Waals surface area contributed by atoms with E-state index in [9.17, 15) is 0 Å². The fourth-order valence-electron chi connectivity index (χ4n) is 6.71. The van der Waals surface area contributed by atoms with Crippen LogP contribution < -0.4 is 26.6 Å². The summed E-state index contributed by atoms with van der Waals surface area (Å²) in [7, 11) is 0. The Hall–Kier alpha value is -4.74. The van der Waals surface area contributed by atoms with E-state index in [0.29, 0.717) is 6.54 Å². The molecular weight excluding hydrogens is 550 g/mol. The largest absolute Gasteiger partial charge is 0.375 e. The lowest BCUT2D eigenvalue weighted by Gasteiger charge is -2.42. The van der Waals surface area contributed by atoms with E-state index in [-0.39, 0.29) is 17.6 Å². The summed E-state index contributed by atoms with van der Waals surface area (Å²) in [6.07, 6.45) is 8.51. The van der Waals surface area contributed by atoms with Crippen LogP contribution in [0.5, 0.6) is 0 Å². The number of benzene rings is 4. The number of allylic oxidation sites excluding steroid dienone is 4. The first kappa shape index (κ1) is 30.3. The highest BCUT2D eigenvalue weighted by molar-refractivity contribution is 5.91. The molecule has 0 aromatic heterocycles. The van der Waals surface area contributed by atoms with Crippen LogP contribution in [0.1, 0.15) is 62.8 Å². The molecule has 5 N–H and O–H groups in total. The van der Waals surface area contributed by atoms with E-state index in [1.807, 2.05) is 13.8 Å². The third-order valence-corrected chi connectivity index (χ3v) is 9.00. The van der Waals surface area contributed by atoms with Gasteiger partial charge >= 0.3 is 0 Å². The lowest BCUT2D eigenvalue weighted by atomic mass is 9.73. The molecule has 0 spiro atoms. The molecule has 0 bridgehead atoms. The molecule has 7 rings (SSSR count). The third kappa shape index (κ3) is 5.76. The zero-order valence-electron chi connectivity index (χ0n) is 26.8. The molecule has 1 aliphatic carbocycles. The van der Waals surface area contributed by atoms with Gasteiger partial charge in [0.15, 0.2) is 0 Å². The molecule has 0 fully saturated rings. The van der Waals surface area contributed by atoms with Gasteiger partial charge in [0.25, 0.3) is 0 Å². The van der Waals surface area contributed by atoms with Crippen LogP contribution in [0.4, 0.5) is 17.1 Å². The molecule has 0 saturated carbocycles. The topological polar surface area (TPSA) is 65.3 Å². The Labute approximate surface area is 268 Å². The number of fused-ring (bicyclic) bond motifs is 2. The number of para-hydroxylation sites is 2. The summed E-state index contributed by atoms with van der Waals surface area (Å²) in [4.78, 5) is 2.40. The molecule has 4 aromatic carbocycles. The van der Waals surface area contributed by atoms with Gasteiger partial charge in [-0.25, -0.2) is 0 Å². The van der Waals surface area contributed by atoms with E-state index < -0.39 is 0 Å². The van der Waals surface area contributed by atoms with Crippen molar-refractivity contribution >= 4 is 28.5 Å². The predicted molar refractivity (Wildman–Crippen MR) is 190 cm³/mol. The maximum atomic E-state index is 6.35. The van der Waals surface area contributed by atoms with Crippen molar-refractivity contribution in [1.29, 1.82) is 0 Å². The van der Waals surface area contributed by atoms with Gasteiger partial charge in [0, 0.05) is 23.3 Å². The van der Waals surface area contributed by atoms with Crippen molar-refractivity contribution in [3.8, 4) is 0 Å². The first-order valence-electron chi connectivity index (χ1n) is 16.3. The summed E-state index contributed by atoms with van der Waals surface area (Å²) in [6.45, 7) is 9.14. The third-order valence-electron chi connectivity index (χ3n) is 9.00. The molecule has 3 aliphatic rings. The minimum absolute atomic E-state index is 0.0111. The van der Waals surface area contributed by atoms with Crippen LogP contribution in [0.25, 0.3) is 11.4 Å². The number of nitrogens with one attached hydrogen (secondary N) is 3. The van der Waals surface area contributed by atoms with Gasteiger partial charge in [-0.2, -0.15) is 0 Å². The second-order valence-electron chi connectivity index (χ2n) is 12.1. The molecule has 0 saturated heterocycles. The zero-order valence-corrected chi connectivity index (χ0v) is 26.8. The molecule has 5 heteroatoms. The first-order valence-corrected chi connectivity index (χ1v) is 16.3. The van der Waals surface area contributed by atoms with Gasteiger partial charge in [-0.1, -0.05) is 119 Å². The molecular formula is C40H45N5. The van der Waals surface area contributed by atoms with E-state index >= 15 is 0 Å². The Morgan fingerprint density at radius 1 is 0.756 bits per heavy atom. The van der Waals surface area contributed by atoms with E-state index in [2.05, 4.69) is 156 Å². The van der Waals surface area contributed by atoms with E-state index in [4.69, 9.17) is 5.73 Å². The van der Waals surface area contributed by atoms with E-state index in [0.717, 1.165) is 41.1 Å². The number of nitrogens with zero attached hydrogens (tertiary/aromatic N) is 1. The van der Waals surface area contributed by atoms with Crippen LogP contribution in [-0.2, 0) is 5.41 Å². The van der Waals surface area contributed by atoms with Crippen molar-refractivity contribution in [3.63, 3.8) is 0 Å². The monoisotopic (exact) mass is 595 g/mol. The van der Waals surface area contributed by atoms with Crippen molar-refractivity contribution in [2.24, 2.45) is 5.73 Å². The predicted octanol–water partition coefficient (Wildman–Crippen LogP) is 8.32. The Balaban J connectivity index is 0.00000175. The van der Waals surface area contributed by atoms with Crippen molar-refractivity contribution in [1.82, 2.24) is 16.0 Å². The van der Waals surface area contributed by atoms with Crippen LogP contribution in [0, 0.1) is 0 Å². The second kappa shape index (κ2) is 13.1. The average molecular weight is 596 g/mol. The van der Waals surface area contributed by atoms with Gasteiger partial charge in [0.05, 0.1) is 28.8 Å². The number of anilines is 3. The number of nitrogens with two attached hydrogens (primary N) is 1.